The second-order valence-electron chi connectivity index (χ2n) is 6.92. The molecule has 4 rings (SSSR count). The number of hydrogen-bond acceptors (Lipinski definition) is 5. The summed E-state index contributed by atoms with van der Waals surface area (Å²) in [5, 5.41) is 6.94. The van der Waals surface area contributed by atoms with Crippen LogP contribution in [0, 0.1) is 19.8 Å². The number of nitrogens with one attached hydrogen (secondary N) is 1. The summed E-state index contributed by atoms with van der Waals surface area (Å²) < 4.78 is 11.0. The van der Waals surface area contributed by atoms with Crippen LogP contribution >= 0.6 is 0 Å². The number of rotatable bonds is 3. The Morgan fingerprint density at radius 3 is 2.63 bits per heavy atom. The van der Waals surface area contributed by atoms with E-state index in [2.05, 4.69) is 10.5 Å². The highest BCUT2D eigenvalue weighted by Crippen LogP contribution is 2.49. The van der Waals surface area contributed by atoms with Crippen molar-refractivity contribution in [1.82, 2.24) is 10.5 Å². The first kappa shape index (κ1) is 17.3. The van der Waals surface area contributed by atoms with Gasteiger partial charge in [-0.2, -0.15) is 0 Å². The van der Waals surface area contributed by atoms with Crippen LogP contribution in [-0.4, -0.2) is 17.0 Å². The van der Waals surface area contributed by atoms with E-state index >= 15 is 0 Å². The maximum absolute atomic E-state index is 13.0. The molecule has 1 amide bonds. The van der Waals surface area contributed by atoms with Crippen molar-refractivity contribution >= 4 is 17.4 Å². The molecule has 6 nitrogen and oxygen atoms in total. The van der Waals surface area contributed by atoms with E-state index in [0.29, 0.717) is 12.0 Å². The lowest BCUT2D eigenvalue weighted by molar-refractivity contribution is -0.169. The molecule has 1 aliphatic carbocycles. The fourth-order valence-electron chi connectivity index (χ4n) is 4.13. The molecule has 1 aromatic carbocycles. The van der Waals surface area contributed by atoms with Gasteiger partial charge in [-0.3, -0.25) is 9.59 Å². The number of carbonyl (C=O) groups is 2. The summed E-state index contributed by atoms with van der Waals surface area (Å²) >= 11 is 0. The standard InChI is InChI=1S/C21H20N2O4/c1-12-19(13(2)27-23-12)15-9-10-18-17(11-15)21(20(25)22-18,26-14(3)24)16-7-5-4-6-8-16/h4-10,17H,11H2,1-3H3,(H,22,25). The van der Waals surface area contributed by atoms with Crippen molar-refractivity contribution in [1.29, 1.82) is 0 Å². The van der Waals surface area contributed by atoms with E-state index in [1.165, 1.54) is 6.92 Å². The third-order valence-corrected chi connectivity index (χ3v) is 5.21. The Bertz CT molecular complexity index is 967. The summed E-state index contributed by atoms with van der Waals surface area (Å²) in [5.74, 6) is -0.437. The zero-order valence-electron chi connectivity index (χ0n) is 15.4. The lowest BCUT2D eigenvalue weighted by Crippen LogP contribution is -2.44. The minimum absolute atomic E-state index is 0.325. The fraction of sp³-hybridized carbons (Fsp3) is 0.286. The van der Waals surface area contributed by atoms with E-state index in [-0.39, 0.29) is 11.8 Å². The first-order chi connectivity index (χ1) is 12.9. The fourth-order valence-corrected chi connectivity index (χ4v) is 4.13. The van der Waals surface area contributed by atoms with Crippen molar-refractivity contribution in [3.05, 3.63) is 70.8 Å². The van der Waals surface area contributed by atoms with E-state index < -0.39 is 11.6 Å². The monoisotopic (exact) mass is 364 g/mol. The highest BCUT2D eigenvalue weighted by Gasteiger charge is 2.57. The molecule has 1 aliphatic heterocycles. The molecule has 2 aromatic rings. The molecule has 2 heterocycles. The zero-order valence-corrected chi connectivity index (χ0v) is 15.4. The average molecular weight is 364 g/mol. The highest BCUT2D eigenvalue weighted by molar-refractivity contribution is 5.95. The minimum atomic E-state index is -1.39. The smallest absolute Gasteiger partial charge is 0.304 e. The number of amides is 1. The maximum Gasteiger partial charge on any atom is 0.304 e. The van der Waals surface area contributed by atoms with Gasteiger partial charge in [-0.05, 0) is 31.9 Å². The Morgan fingerprint density at radius 1 is 1.26 bits per heavy atom. The van der Waals surface area contributed by atoms with Crippen LogP contribution in [0.4, 0.5) is 0 Å². The Hall–Kier alpha value is -3.15. The van der Waals surface area contributed by atoms with Gasteiger partial charge in [0.25, 0.3) is 5.91 Å². The maximum atomic E-state index is 13.0. The number of carbonyl (C=O) groups excluding carboxylic acids is 2. The van der Waals surface area contributed by atoms with Crippen molar-refractivity contribution in [2.45, 2.75) is 32.8 Å². The molecular weight excluding hydrogens is 344 g/mol. The van der Waals surface area contributed by atoms with Crippen molar-refractivity contribution in [3.63, 3.8) is 0 Å². The van der Waals surface area contributed by atoms with E-state index in [0.717, 1.165) is 28.3 Å². The molecule has 0 saturated carbocycles. The van der Waals surface area contributed by atoms with Gasteiger partial charge in [0, 0.05) is 23.7 Å². The van der Waals surface area contributed by atoms with Gasteiger partial charge in [-0.25, -0.2) is 0 Å². The van der Waals surface area contributed by atoms with Gasteiger partial charge < -0.3 is 14.6 Å². The van der Waals surface area contributed by atoms with Crippen molar-refractivity contribution < 1.29 is 18.8 Å². The van der Waals surface area contributed by atoms with Gasteiger partial charge in [0.1, 0.15) is 5.76 Å². The molecule has 1 aromatic heterocycles. The third kappa shape index (κ3) is 2.60. The number of benzene rings is 1. The predicted molar refractivity (Wildman–Crippen MR) is 98.2 cm³/mol. The lowest BCUT2D eigenvalue weighted by Gasteiger charge is -2.33. The van der Waals surface area contributed by atoms with Crippen LogP contribution in [0.25, 0.3) is 5.57 Å². The largest absolute Gasteiger partial charge is 0.443 e. The summed E-state index contributed by atoms with van der Waals surface area (Å²) in [6.07, 6.45) is 4.37. The Morgan fingerprint density at radius 2 is 2.00 bits per heavy atom. The van der Waals surface area contributed by atoms with Crippen LogP contribution in [0.3, 0.4) is 0 Å². The van der Waals surface area contributed by atoms with Crippen molar-refractivity contribution in [2.75, 3.05) is 0 Å². The molecule has 1 fully saturated rings. The molecule has 6 heteroatoms. The second-order valence-corrected chi connectivity index (χ2v) is 6.92. The number of aryl methyl sites for hydroxylation is 2. The Labute approximate surface area is 156 Å². The number of allylic oxidation sites excluding steroid dienone is 3. The van der Waals surface area contributed by atoms with Gasteiger partial charge in [-0.15, -0.1) is 0 Å². The summed E-state index contributed by atoms with van der Waals surface area (Å²) in [7, 11) is 0. The topological polar surface area (TPSA) is 81.4 Å². The SMILES string of the molecule is CC(=O)OC1(c2ccccc2)C(=O)NC2=CC=C(c3c(C)noc3C)CC21. The summed E-state index contributed by atoms with van der Waals surface area (Å²) in [4.78, 5) is 25.0. The molecule has 2 aliphatic rings. The quantitative estimate of drug-likeness (QED) is 0.846. The first-order valence-corrected chi connectivity index (χ1v) is 8.84. The average Bonchev–Trinajstić information content (AvgIpc) is 3.12. The molecule has 0 spiro atoms. The minimum Gasteiger partial charge on any atom is -0.443 e. The second kappa shape index (κ2) is 6.23. The molecule has 2 atom stereocenters. The number of ether oxygens (including phenoxy) is 1. The molecule has 0 bridgehead atoms. The van der Waals surface area contributed by atoms with Gasteiger partial charge in [-0.1, -0.05) is 41.6 Å². The van der Waals surface area contributed by atoms with Gasteiger partial charge >= 0.3 is 5.97 Å². The Balaban J connectivity index is 1.83. The third-order valence-electron chi connectivity index (χ3n) is 5.21. The molecule has 2 unspecified atom stereocenters. The molecule has 27 heavy (non-hydrogen) atoms. The number of hydrogen-bond donors (Lipinski definition) is 1. The van der Waals surface area contributed by atoms with Crippen LogP contribution in [0.15, 0.2) is 52.7 Å². The van der Waals surface area contributed by atoms with E-state index in [4.69, 9.17) is 9.26 Å². The summed E-state index contributed by atoms with van der Waals surface area (Å²) in [6, 6.07) is 9.18. The number of nitrogens with zero attached hydrogens (tertiary/aromatic N) is 1. The molecule has 1 N–H and O–H groups in total. The predicted octanol–water partition coefficient (Wildman–Crippen LogP) is 3.17. The zero-order chi connectivity index (χ0) is 19.2. The lowest BCUT2D eigenvalue weighted by atomic mass is 9.75. The van der Waals surface area contributed by atoms with E-state index in [1.54, 1.807) is 0 Å². The van der Waals surface area contributed by atoms with Crippen LogP contribution < -0.4 is 5.32 Å². The van der Waals surface area contributed by atoms with Crippen LogP contribution in [0.5, 0.6) is 0 Å². The molecule has 0 radical (unpaired) electrons. The number of aromatic nitrogens is 1. The molecule has 1 saturated heterocycles. The van der Waals surface area contributed by atoms with Gasteiger partial charge in [0.05, 0.1) is 11.6 Å². The molecule has 138 valence electrons. The summed E-state index contributed by atoms with van der Waals surface area (Å²) in [5.41, 5.74) is 2.76. The van der Waals surface area contributed by atoms with Crippen LogP contribution in [0.1, 0.15) is 35.9 Å². The van der Waals surface area contributed by atoms with Crippen LogP contribution in [-0.2, 0) is 19.9 Å². The van der Waals surface area contributed by atoms with Crippen LogP contribution in [0.2, 0.25) is 0 Å². The normalized spacial score (nSPS) is 24.0. The summed E-state index contributed by atoms with van der Waals surface area (Å²) in [6.45, 7) is 5.08. The van der Waals surface area contributed by atoms with Crippen molar-refractivity contribution in [2.24, 2.45) is 5.92 Å². The van der Waals surface area contributed by atoms with Crippen molar-refractivity contribution in [3.8, 4) is 0 Å². The van der Waals surface area contributed by atoms with Gasteiger partial charge in [0.2, 0.25) is 5.60 Å². The number of esters is 1. The number of fused-ring (bicyclic) bond motifs is 1. The first-order valence-electron chi connectivity index (χ1n) is 8.84. The van der Waals surface area contributed by atoms with E-state index in [9.17, 15) is 9.59 Å². The highest BCUT2D eigenvalue weighted by atomic mass is 16.6. The molecular formula is C21H20N2O4. The van der Waals surface area contributed by atoms with E-state index in [1.807, 2.05) is 56.3 Å². The Kier molecular flexibility index (Phi) is 3.98. The van der Waals surface area contributed by atoms with Gasteiger partial charge in [0.15, 0.2) is 0 Å².